The van der Waals surface area contributed by atoms with Gasteiger partial charge in [-0.25, -0.2) is 0 Å². The third kappa shape index (κ3) is 0.987. The van der Waals surface area contributed by atoms with Gasteiger partial charge in [0.2, 0.25) is 0 Å². The van der Waals surface area contributed by atoms with Crippen LogP contribution >= 0.6 is 0 Å². The minimum atomic E-state index is 0.112. The highest BCUT2D eigenvalue weighted by Crippen LogP contribution is 2.41. The standard InChI is InChI=1S/C13H10O/c14-11-6-5-10-7-9-3-1-2-4-12(9)13(10)8-11/h1-9,12H. The summed E-state index contributed by atoms with van der Waals surface area (Å²) < 4.78 is 0. The Bertz CT molecular complexity index is 444. The maximum absolute atomic E-state index is 11.2. The molecule has 3 rings (SSSR count). The van der Waals surface area contributed by atoms with Crippen molar-refractivity contribution in [2.75, 3.05) is 0 Å². The summed E-state index contributed by atoms with van der Waals surface area (Å²) in [6.07, 6.45) is 16.1. The summed E-state index contributed by atoms with van der Waals surface area (Å²) in [7, 11) is 0. The van der Waals surface area contributed by atoms with Crippen LogP contribution in [-0.4, -0.2) is 5.78 Å². The zero-order valence-electron chi connectivity index (χ0n) is 7.68. The lowest BCUT2D eigenvalue weighted by Gasteiger charge is -2.17. The Balaban J connectivity index is 2.09. The van der Waals surface area contributed by atoms with E-state index < -0.39 is 0 Å². The van der Waals surface area contributed by atoms with Crippen LogP contribution in [0.25, 0.3) is 0 Å². The topological polar surface area (TPSA) is 17.1 Å². The third-order valence-corrected chi connectivity index (χ3v) is 2.97. The average Bonchev–Trinajstić information content (AvgIpc) is 2.56. The van der Waals surface area contributed by atoms with Gasteiger partial charge in [-0.05, 0) is 23.3 Å². The van der Waals surface area contributed by atoms with Gasteiger partial charge >= 0.3 is 0 Å². The van der Waals surface area contributed by atoms with Gasteiger partial charge in [0.25, 0.3) is 0 Å². The molecule has 3 aliphatic rings. The molecule has 0 heterocycles. The van der Waals surface area contributed by atoms with Gasteiger partial charge in [0, 0.05) is 11.8 Å². The first-order valence-electron chi connectivity index (χ1n) is 4.85. The molecule has 3 aliphatic carbocycles. The van der Waals surface area contributed by atoms with Gasteiger partial charge in [0.05, 0.1) is 0 Å². The number of rotatable bonds is 0. The number of hydrogen-bond donors (Lipinski definition) is 0. The van der Waals surface area contributed by atoms with Gasteiger partial charge in [0.1, 0.15) is 0 Å². The second kappa shape index (κ2) is 2.68. The molecule has 68 valence electrons. The van der Waals surface area contributed by atoms with E-state index in [4.69, 9.17) is 0 Å². The molecular weight excluding hydrogens is 172 g/mol. The van der Waals surface area contributed by atoms with Crippen molar-refractivity contribution in [1.29, 1.82) is 0 Å². The summed E-state index contributed by atoms with van der Waals surface area (Å²) in [5, 5.41) is 0. The van der Waals surface area contributed by atoms with Crippen LogP contribution in [0.4, 0.5) is 0 Å². The molecule has 0 saturated carbocycles. The first-order chi connectivity index (χ1) is 6.84. The minimum absolute atomic E-state index is 0.112. The Morgan fingerprint density at radius 2 is 1.93 bits per heavy atom. The van der Waals surface area contributed by atoms with Crippen molar-refractivity contribution >= 4 is 5.78 Å². The Kier molecular flexibility index (Phi) is 1.48. The zero-order valence-corrected chi connectivity index (χ0v) is 7.68. The molecule has 0 aromatic carbocycles. The second-order valence-corrected chi connectivity index (χ2v) is 3.83. The molecule has 1 heteroatoms. The first kappa shape index (κ1) is 7.74. The predicted octanol–water partition coefficient (Wildman–Crippen LogP) is 2.35. The summed E-state index contributed by atoms with van der Waals surface area (Å²) in [6.45, 7) is 0. The number of hydrogen-bond acceptors (Lipinski definition) is 1. The van der Waals surface area contributed by atoms with Gasteiger partial charge in [-0.3, -0.25) is 4.79 Å². The first-order valence-corrected chi connectivity index (χ1v) is 4.85. The number of carbonyl (C=O) groups excluding carboxylic acids is 1. The highest BCUT2D eigenvalue weighted by atomic mass is 16.1. The Labute approximate surface area is 82.8 Å². The van der Waals surface area contributed by atoms with E-state index in [9.17, 15) is 4.79 Å². The van der Waals surface area contributed by atoms with E-state index in [1.807, 2.05) is 6.08 Å². The van der Waals surface area contributed by atoms with Crippen molar-refractivity contribution in [2.45, 2.75) is 0 Å². The van der Waals surface area contributed by atoms with Crippen molar-refractivity contribution in [3.63, 3.8) is 0 Å². The van der Waals surface area contributed by atoms with E-state index in [1.54, 1.807) is 12.2 Å². The summed E-state index contributed by atoms with van der Waals surface area (Å²) in [4.78, 5) is 11.2. The zero-order chi connectivity index (χ0) is 9.54. The summed E-state index contributed by atoms with van der Waals surface area (Å²) in [5.41, 5.74) is 2.40. The molecule has 0 aliphatic heterocycles. The maximum atomic E-state index is 11.2. The van der Waals surface area contributed by atoms with E-state index in [1.165, 1.54) is 11.1 Å². The van der Waals surface area contributed by atoms with Crippen LogP contribution in [0.15, 0.2) is 59.8 Å². The van der Waals surface area contributed by atoms with Gasteiger partial charge in [-0.2, -0.15) is 0 Å². The van der Waals surface area contributed by atoms with Gasteiger partial charge in [-0.15, -0.1) is 0 Å². The highest BCUT2D eigenvalue weighted by Gasteiger charge is 2.30. The SMILES string of the molecule is O=C1C=CC2=CC3C=CC=CC3C2=C1. The molecule has 2 atom stereocenters. The fourth-order valence-electron chi connectivity index (χ4n) is 2.30. The van der Waals surface area contributed by atoms with Crippen molar-refractivity contribution in [3.8, 4) is 0 Å². The smallest absolute Gasteiger partial charge is 0.178 e. The Hall–Kier alpha value is -1.63. The lowest BCUT2D eigenvalue weighted by molar-refractivity contribution is -0.110. The Morgan fingerprint density at radius 1 is 1.07 bits per heavy atom. The predicted molar refractivity (Wildman–Crippen MR) is 55.6 cm³/mol. The van der Waals surface area contributed by atoms with Crippen LogP contribution in [0, 0.1) is 11.8 Å². The Morgan fingerprint density at radius 3 is 2.86 bits per heavy atom. The summed E-state index contributed by atoms with van der Waals surface area (Å²) in [5.74, 6) is 0.960. The average molecular weight is 182 g/mol. The molecule has 0 radical (unpaired) electrons. The highest BCUT2D eigenvalue weighted by molar-refractivity contribution is 6.02. The number of carbonyl (C=O) groups is 1. The molecule has 0 bridgehead atoms. The third-order valence-electron chi connectivity index (χ3n) is 2.97. The van der Waals surface area contributed by atoms with Crippen LogP contribution in [-0.2, 0) is 4.79 Å². The molecule has 0 saturated heterocycles. The van der Waals surface area contributed by atoms with E-state index in [2.05, 4.69) is 30.4 Å². The molecule has 0 N–H and O–H groups in total. The van der Waals surface area contributed by atoms with Crippen molar-refractivity contribution in [1.82, 2.24) is 0 Å². The normalized spacial score (nSPS) is 32.4. The van der Waals surface area contributed by atoms with Crippen molar-refractivity contribution < 1.29 is 4.79 Å². The van der Waals surface area contributed by atoms with E-state index in [-0.39, 0.29) is 5.78 Å². The molecular formula is C13H10O. The van der Waals surface area contributed by atoms with Crippen LogP contribution < -0.4 is 0 Å². The van der Waals surface area contributed by atoms with E-state index >= 15 is 0 Å². The minimum Gasteiger partial charge on any atom is -0.290 e. The molecule has 14 heavy (non-hydrogen) atoms. The van der Waals surface area contributed by atoms with Crippen molar-refractivity contribution in [3.05, 3.63) is 59.8 Å². The van der Waals surface area contributed by atoms with Crippen LogP contribution in [0.3, 0.4) is 0 Å². The van der Waals surface area contributed by atoms with Crippen LogP contribution in [0.1, 0.15) is 0 Å². The number of fused-ring (bicyclic) bond motifs is 3. The van der Waals surface area contributed by atoms with E-state index in [0.29, 0.717) is 11.8 Å². The van der Waals surface area contributed by atoms with Gasteiger partial charge in [-0.1, -0.05) is 36.5 Å². The monoisotopic (exact) mass is 182 g/mol. The lowest BCUT2D eigenvalue weighted by Crippen LogP contribution is -2.09. The molecule has 0 aromatic rings. The summed E-state index contributed by atoms with van der Waals surface area (Å²) in [6, 6.07) is 0. The molecule has 1 nitrogen and oxygen atoms in total. The fraction of sp³-hybridized carbons (Fsp3) is 0.154. The molecule has 0 spiro atoms. The van der Waals surface area contributed by atoms with Gasteiger partial charge < -0.3 is 0 Å². The largest absolute Gasteiger partial charge is 0.290 e. The van der Waals surface area contributed by atoms with Gasteiger partial charge in [0.15, 0.2) is 5.78 Å². The quantitative estimate of drug-likeness (QED) is 0.562. The van der Waals surface area contributed by atoms with Crippen LogP contribution in [0.2, 0.25) is 0 Å². The molecule has 0 amide bonds. The van der Waals surface area contributed by atoms with Crippen LogP contribution in [0.5, 0.6) is 0 Å². The van der Waals surface area contributed by atoms with Crippen molar-refractivity contribution in [2.24, 2.45) is 11.8 Å². The molecule has 0 fully saturated rings. The molecule has 2 unspecified atom stereocenters. The summed E-state index contributed by atoms with van der Waals surface area (Å²) >= 11 is 0. The fourth-order valence-corrected chi connectivity index (χ4v) is 2.30. The number of ketones is 1. The maximum Gasteiger partial charge on any atom is 0.178 e. The lowest BCUT2D eigenvalue weighted by atomic mass is 9.86. The van der Waals surface area contributed by atoms with E-state index in [0.717, 1.165) is 0 Å². The second-order valence-electron chi connectivity index (χ2n) is 3.83. The molecule has 0 aromatic heterocycles. The number of allylic oxidation sites excluding steroid dienone is 10.